The zero-order chi connectivity index (χ0) is 9.31. The van der Waals surface area contributed by atoms with Crippen molar-refractivity contribution in [2.75, 3.05) is 13.1 Å². The van der Waals surface area contributed by atoms with E-state index in [0.717, 1.165) is 12.3 Å². The van der Waals surface area contributed by atoms with Gasteiger partial charge in [-0.1, -0.05) is 13.8 Å². The van der Waals surface area contributed by atoms with Gasteiger partial charge in [-0.15, -0.1) is 0 Å². The van der Waals surface area contributed by atoms with Crippen LogP contribution in [0, 0.1) is 5.41 Å². The van der Waals surface area contributed by atoms with E-state index in [-0.39, 0.29) is 0 Å². The zero-order valence-electron chi connectivity index (χ0n) is 8.42. The van der Waals surface area contributed by atoms with Crippen LogP contribution in [-0.2, 0) is 6.54 Å². The van der Waals surface area contributed by atoms with Crippen molar-refractivity contribution in [3.63, 3.8) is 0 Å². The first kappa shape index (κ1) is 8.82. The molecule has 72 valence electrons. The maximum atomic E-state index is 5.32. The van der Waals surface area contributed by atoms with E-state index in [9.17, 15) is 0 Å². The van der Waals surface area contributed by atoms with Gasteiger partial charge in [0.25, 0.3) is 0 Å². The highest BCUT2D eigenvalue weighted by Crippen LogP contribution is 2.29. The average Bonchev–Trinajstić information content (AvgIpc) is 2.61. The van der Waals surface area contributed by atoms with Gasteiger partial charge in [0.1, 0.15) is 5.76 Å². The highest BCUT2D eigenvalue weighted by molar-refractivity contribution is 4.99. The van der Waals surface area contributed by atoms with Crippen molar-refractivity contribution in [2.45, 2.75) is 26.8 Å². The Morgan fingerprint density at radius 2 is 2.38 bits per heavy atom. The van der Waals surface area contributed by atoms with Gasteiger partial charge < -0.3 is 4.42 Å². The number of likely N-dealkylation sites (tertiary alicyclic amines) is 1. The predicted octanol–water partition coefficient (Wildman–Crippen LogP) is 2.51. The van der Waals surface area contributed by atoms with Gasteiger partial charge in [0.05, 0.1) is 12.8 Å². The molecule has 0 aromatic carbocycles. The molecule has 1 aromatic rings. The van der Waals surface area contributed by atoms with E-state index >= 15 is 0 Å². The SMILES string of the molecule is CC1(C)CCN(Cc2ccco2)C1. The molecule has 2 heteroatoms. The van der Waals surface area contributed by atoms with Crippen molar-refractivity contribution in [3.8, 4) is 0 Å². The lowest BCUT2D eigenvalue weighted by Crippen LogP contribution is -2.22. The maximum absolute atomic E-state index is 5.32. The molecule has 0 saturated carbocycles. The van der Waals surface area contributed by atoms with Crippen LogP contribution in [0.25, 0.3) is 0 Å². The fourth-order valence-corrected chi connectivity index (χ4v) is 1.98. The third-order valence-corrected chi connectivity index (χ3v) is 2.72. The first-order valence-corrected chi connectivity index (χ1v) is 4.90. The van der Waals surface area contributed by atoms with Crippen LogP contribution in [0.15, 0.2) is 22.8 Å². The van der Waals surface area contributed by atoms with Crippen LogP contribution in [0.4, 0.5) is 0 Å². The fraction of sp³-hybridized carbons (Fsp3) is 0.636. The summed E-state index contributed by atoms with van der Waals surface area (Å²) in [5.74, 6) is 1.08. The zero-order valence-corrected chi connectivity index (χ0v) is 8.42. The molecule has 1 saturated heterocycles. The van der Waals surface area contributed by atoms with E-state index in [1.807, 2.05) is 12.1 Å². The Kier molecular flexibility index (Phi) is 2.16. The number of hydrogen-bond donors (Lipinski definition) is 0. The predicted molar refractivity (Wildman–Crippen MR) is 52.4 cm³/mol. The summed E-state index contributed by atoms with van der Waals surface area (Å²) in [6.45, 7) is 8.02. The summed E-state index contributed by atoms with van der Waals surface area (Å²) in [7, 11) is 0. The molecular weight excluding hydrogens is 162 g/mol. The average molecular weight is 179 g/mol. The summed E-state index contributed by atoms with van der Waals surface area (Å²) in [5.41, 5.74) is 0.493. The Morgan fingerprint density at radius 1 is 1.54 bits per heavy atom. The van der Waals surface area contributed by atoms with Gasteiger partial charge in [0.2, 0.25) is 0 Å². The van der Waals surface area contributed by atoms with Gasteiger partial charge in [-0.05, 0) is 30.5 Å². The molecule has 0 bridgehead atoms. The number of nitrogens with zero attached hydrogens (tertiary/aromatic N) is 1. The van der Waals surface area contributed by atoms with Gasteiger partial charge in [-0.3, -0.25) is 4.90 Å². The van der Waals surface area contributed by atoms with Gasteiger partial charge in [0.15, 0.2) is 0 Å². The van der Waals surface area contributed by atoms with Crippen molar-refractivity contribution >= 4 is 0 Å². The quantitative estimate of drug-likeness (QED) is 0.693. The second kappa shape index (κ2) is 3.18. The van der Waals surface area contributed by atoms with Crippen LogP contribution < -0.4 is 0 Å². The minimum atomic E-state index is 0.493. The van der Waals surface area contributed by atoms with Gasteiger partial charge in [0, 0.05) is 6.54 Å². The lowest BCUT2D eigenvalue weighted by Gasteiger charge is -2.18. The highest BCUT2D eigenvalue weighted by atomic mass is 16.3. The molecule has 2 heterocycles. The standard InChI is InChI=1S/C11H17NO/c1-11(2)5-6-12(9-11)8-10-4-3-7-13-10/h3-4,7H,5-6,8-9H2,1-2H3. The Labute approximate surface area is 79.5 Å². The molecule has 1 aromatic heterocycles. The van der Waals surface area contributed by atoms with Crippen molar-refractivity contribution in [1.29, 1.82) is 0 Å². The molecule has 2 nitrogen and oxygen atoms in total. The lowest BCUT2D eigenvalue weighted by atomic mass is 9.93. The van der Waals surface area contributed by atoms with Crippen molar-refractivity contribution in [2.24, 2.45) is 5.41 Å². The van der Waals surface area contributed by atoms with E-state index in [1.54, 1.807) is 6.26 Å². The molecule has 1 aliphatic rings. The Bertz CT molecular complexity index is 264. The van der Waals surface area contributed by atoms with E-state index in [0.29, 0.717) is 5.41 Å². The first-order valence-electron chi connectivity index (χ1n) is 4.90. The van der Waals surface area contributed by atoms with Crippen LogP contribution in [0.2, 0.25) is 0 Å². The molecule has 0 N–H and O–H groups in total. The van der Waals surface area contributed by atoms with Crippen molar-refractivity contribution < 1.29 is 4.42 Å². The van der Waals surface area contributed by atoms with Crippen molar-refractivity contribution in [1.82, 2.24) is 4.90 Å². The first-order chi connectivity index (χ1) is 6.16. The van der Waals surface area contributed by atoms with Crippen molar-refractivity contribution in [3.05, 3.63) is 24.2 Å². The summed E-state index contributed by atoms with van der Waals surface area (Å²) in [5, 5.41) is 0. The van der Waals surface area contributed by atoms with E-state index in [4.69, 9.17) is 4.42 Å². The Balaban J connectivity index is 1.91. The van der Waals surface area contributed by atoms with Crippen LogP contribution in [0.5, 0.6) is 0 Å². The van der Waals surface area contributed by atoms with E-state index in [1.165, 1.54) is 19.5 Å². The minimum Gasteiger partial charge on any atom is -0.468 e. The molecule has 0 aliphatic carbocycles. The highest BCUT2D eigenvalue weighted by Gasteiger charge is 2.29. The van der Waals surface area contributed by atoms with E-state index in [2.05, 4.69) is 18.7 Å². The Morgan fingerprint density at radius 3 is 2.92 bits per heavy atom. The summed E-state index contributed by atoms with van der Waals surface area (Å²) in [6, 6.07) is 4.00. The van der Waals surface area contributed by atoms with Crippen LogP contribution in [-0.4, -0.2) is 18.0 Å². The number of hydrogen-bond acceptors (Lipinski definition) is 2. The van der Waals surface area contributed by atoms with Crippen LogP contribution in [0.1, 0.15) is 26.0 Å². The van der Waals surface area contributed by atoms with E-state index < -0.39 is 0 Å². The van der Waals surface area contributed by atoms with Gasteiger partial charge in [-0.2, -0.15) is 0 Å². The third-order valence-electron chi connectivity index (χ3n) is 2.72. The van der Waals surface area contributed by atoms with Crippen LogP contribution >= 0.6 is 0 Å². The van der Waals surface area contributed by atoms with Crippen LogP contribution in [0.3, 0.4) is 0 Å². The largest absolute Gasteiger partial charge is 0.468 e. The smallest absolute Gasteiger partial charge is 0.117 e. The summed E-state index contributed by atoms with van der Waals surface area (Å²) in [6.07, 6.45) is 3.05. The Hall–Kier alpha value is -0.760. The molecule has 0 spiro atoms. The molecule has 0 unspecified atom stereocenters. The molecule has 0 atom stereocenters. The number of rotatable bonds is 2. The number of furan rings is 1. The second-order valence-corrected chi connectivity index (χ2v) is 4.70. The molecule has 0 amide bonds. The monoisotopic (exact) mass is 179 g/mol. The fourth-order valence-electron chi connectivity index (χ4n) is 1.98. The lowest BCUT2D eigenvalue weighted by molar-refractivity contribution is 0.263. The molecule has 13 heavy (non-hydrogen) atoms. The molecular formula is C11H17NO. The minimum absolute atomic E-state index is 0.493. The summed E-state index contributed by atoms with van der Waals surface area (Å²) >= 11 is 0. The van der Waals surface area contributed by atoms with Gasteiger partial charge >= 0.3 is 0 Å². The maximum Gasteiger partial charge on any atom is 0.117 e. The normalized spacial score (nSPS) is 22.3. The van der Waals surface area contributed by atoms with Gasteiger partial charge in [-0.25, -0.2) is 0 Å². The summed E-state index contributed by atoms with van der Waals surface area (Å²) in [4.78, 5) is 2.46. The molecule has 2 rings (SSSR count). The second-order valence-electron chi connectivity index (χ2n) is 4.70. The summed E-state index contributed by atoms with van der Waals surface area (Å²) < 4.78 is 5.32. The molecule has 1 aliphatic heterocycles. The molecule has 0 radical (unpaired) electrons. The molecule has 1 fully saturated rings. The topological polar surface area (TPSA) is 16.4 Å². The third kappa shape index (κ3) is 2.13.